The number of Topliss-reactive ketones (excluding diaryl/α,β-unsaturated/α-hetero) is 1. The Hall–Kier alpha value is -3.01. The number of carbonyl (C=O) groups excluding carboxylic acids is 2. The highest BCUT2D eigenvalue weighted by atomic mass is 16.2. The van der Waals surface area contributed by atoms with E-state index in [1.807, 2.05) is 69.3 Å². The predicted octanol–water partition coefficient (Wildman–Crippen LogP) is 5.76. The van der Waals surface area contributed by atoms with Crippen molar-refractivity contribution in [1.29, 1.82) is 0 Å². The molecule has 1 unspecified atom stereocenters. The Labute approximate surface area is 184 Å². The molecule has 4 heteroatoms. The van der Waals surface area contributed by atoms with Gasteiger partial charge in [0.1, 0.15) is 5.78 Å². The summed E-state index contributed by atoms with van der Waals surface area (Å²) in [6.07, 6.45) is 1.28. The van der Waals surface area contributed by atoms with Gasteiger partial charge in [-0.3, -0.25) is 14.6 Å². The number of hydrogen-bond acceptors (Lipinski definition) is 3. The number of anilines is 1. The molecule has 1 heterocycles. The quantitative estimate of drug-likeness (QED) is 0.694. The third-order valence-corrected chi connectivity index (χ3v) is 6.44. The van der Waals surface area contributed by atoms with Gasteiger partial charge in [-0.2, -0.15) is 0 Å². The third kappa shape index (κ3) is 4.12. The summed E-state index contributed by atoms with van der Waals surface area (Å²) in [5.74, 6) is -0.704. The fourth-order valence-corrected chi connectivity index (χ4v) is 4.93. The molecule has 1 N–H and O–H groups in total. The van der Waals surface area contributed by atoms with Crippen molar-refractivity contribution in [3.8, 4) is 0 Å². The molecule has 4 rings (SSSR count). The Balaban J connectivity index is 1.82. The van der Waals surface area contributed by atoms with Gasteiger partial charge in [-0.15, -0.1) is 0 Å². The van der Waals surface area contributed by atoms with Crippen LogP contribution in [0.3, 0.4) is 0 Å². The molecule has 1 fully saturated rings. The summed E-state index contributed by atoms with van der Waals surface area (Å²) < 4.78 is 0. The van der Waals surface area contributed by atoms with Crippen LogP contribution in [-0.2, 0) is 9.59 Å². The maximum atomic E-state index is 13.5. The first-order chi connectivity index (χ1) is 14.7. The third-order valence-electron chi connectivity index (χ3n) is 6.44. The Kier molecular flexibility index (Phi) is 5.42. The molecule has 1 aliphatic carbocycles. The molecular formula is C27H30N2O2. The van der Waals surface area contributed by atoms with E-state index in [0.717, 1.165) is 34.5 Å². The molecule has 160 valence electrons. The van der Waals surface area contributed by atoms with Crippen LogP contribution < -0.4 is 5.32 Å². The first-order valence-corrected chi connectivity index (χ1v) is 10.9. The monoisotopic (exact) mass is 414 g/mol. The van der Waals surface area contributed by atoms with E-state index in [9.17, 15) is 9.59 Å². The maximum Gasteiger partial charge on any atom is 0.254 e. The van der Waals surface area contributed by atoms with Gasteiger partial charge in [-0.25, -0.2) is 0 Å². The number of hydrogen-bond donors (Lipinski definition) is 1. The van der Waals surface area contributed by atoms with E-state index >= 15 is 0 Å². The zero-order valence-electron chi connectivity index (χ0n) is 19.0. The van der Waals surface area contributed by atoms with Gasteiger partial charge in [-0.1, -0.05) is 61.9 Å². The first-order valence-electron chi connectivity index (χ1n) is 10.9. The Morgan fingerprint density at radius 1 is 0.968 bits per heavy atom. The van der Waals surface area contributed by atoms with Crippen molar-refractivity contribution in [2.75, 3.05) is 5.32 Å². The number of amides is 1. The highest BCUT2D eigenvalue weighted by Gasteiger charge is 2.47. The van der Waals surface area contributed by atoms with Crippen LogP contribution >= 0.6 is 0 Å². The molecule has 31 heavy (non-hydrogen) atoms. The van der Waals surface area contributed by atoms with Crippen molar-refractivity contribution >= 4 is 23.1 Å². The largest absolute Gasteiger partial charge is 0.322 e. The Morgan fingerprint density at radius 3 is 2.32 bits per heavy atom. The number of ketones is 1. The fraction of sp³-hybridized carbons (Fsp3) is 0.370. The molecule has 1 saturated carbocycles. The number of aryl methyl sites for hydroxylation is 2. The molecule has 4 nitrogen and oxygen atoms in total. The van der Waals surface area contributed by atoms with Crippen LogP contribution in [0.15, 0.2) is 64.8 Å². The SMILES string of the molecule is CC1=C(C(=O)Nc2ccccc2C)[C@@H](c2ccc(C)cc2)C2C(=O)CC(C)(C)CC2=N1. The maximum absolute atomic E-state index is 13.5. The van der Waals surface area contributed by atoms with Crippen LogP contribution in [0.25, 0.3) is 0 Å². The molecule has 2 aromatic carbocycles. The molecule has 0 spiro atoms. The van der Waals surface area contributed by atoms with Crippen molar-refractivity contribution in [2.24, 2.45) is 16.3 Å². The lowest BCUT2D eigenvalue weighted by Crippen LogP contribution is -2.44. The highest BCUT2D eigenvalue weighted by Crippen LogP contribution is 2.47. The minimum absolute atomic E-state index is 0.106. The lowest BCUT2D eigenvalue weighted by molar-refractivity contribution is -0.124. The molecule has 1 aliphatic heterocycles. The summed E-state index contributed by atoms with van der Waals surface area (Å²) in [6, 6.07) is 15.9. The number of para-hydroxylation sites is 1. The Bertz CT molecular complexity index is 1110. The van der Waals surface area contributed by atoms with Gasteiger partial charge in [0, 0.05) is 35.0 Å². The summed E-state index contributed by atoms with van der Waals surface area (Å²) >= 11 is 0. The number of benzene rings is 2. The van der Waals surface area contributed by atoms with E-state index in [1.165, 1.54) is 0 Å². The van der Waals surface area contributed by atoms with Crippen LogP contribution in [0, 0.1) is 25.2 Å². The van der Waals surface area contributed by atoms with Crippen LogP contribution in [0.4, 0.5) is 5.69 Å². The van der Waals surface area contributed by atoms with E-state index in [0.29, 0.717) is 17.7 Å². The van der Waals surface area contributed by atoms with Gasteiger partial charge in [0.25, 0.3) is 5.91 Å². The van der Waals surface area contributed by atoms with Crippen molar-refractivity contribution < 1.29 is 9.59 Å². The van der Waals surface area contributed by atoms with Crippen molar-refractivity contribution in [1.82, 2.24) is 0 Å². The average molecular weight is 415 g/mol. The van der Waals surface area contributed by atoms with Gasteiger partial charge in [0.05, 0.1) is 5.92 Å². The van der Waals surface area contributed by atoms with Crippen molar-refractivity contribution in [3.63, 3.8) is 0 Å². The summed E-state index contributed by atoms with van der Waals surface area (Å²) in [5, 5.41) is 3.07. The predicted molar refractivity (Wildman–Crippen MR) is 125 cm³/mol. The number of carbonyl (C=O) groups is 2. The van der Waals surface area contributed by atoms with Gasteiger partial charge in [0.2, 0.25) is 0 Å². The second-order valence-electron chi connectivity index (χ2n) is 9.72. The highest BCUT2D eigenvalue weighted by molar-refractivity contribution is 6.14. The number of aliphatic imine (C=N–C) groups is 1. The summed E-state index contributed by atoms with van der Waals surface area (Å²) in [5.41, 5.74) is 6.02. The molecule has 0 aromatic heterocycles. The van der Waals surface area contributed by atoms with Gasteiger partial charge >= 0.3 is 0 Å². The van der Waals surface area contributed by atoms with Gasteiger partial charge in [-0.05, 0) is 49.8 Å². The minimum atomic E-state index is -0.378. The number of nitrogens with zero attached hydrogens (tertiary/aromatic N) is 1. The summed E-state index contributed by atoms with van der Waals surface area (Å²) in [4.78, 5) is 31.7. The van der Waals surface area contributed by atoms with Gasteiger partial charge < -0.3 is 5.32 Å². The van der Waals surface area contributed by atoms with E-state index in [2.05, 4.69) is 19.2 Å². The first kappa shape index (κ1) is 21.2. The molecule has 0 bridgehead atoms. The Morgan fingerprint density at radius 2 is 1.65 bits per heavy atom. The molecule has 2 atom stereocenters. The van der Waals surface area contributed by atoms with Crippen LogP contribution in [-0.4, -0.2) is 17.4 Å². The molecule has 2 aromatic rings. The van der Waals surface area contributed by atoms with Crippen LogP contribution in [0.5, 0.6) is 0 Å². The van der Waals surface area contributed by atoms with E-state index in [4.69, 9.17) is 4.99 Å². The molecule has 0 saturated heterocycles. The summed E-state index contributed by atoms with van der Waals surface area (Å²) in [6.45, 7) is 10.1. The van der Waals surface area contributed by atoms with E-state index in [1.54, 1.807) is 0 Å². The van der Waals surface area contributed by atoms with Gasteiger partial charge in [0.15, 0.2) is 0 Å². The number of allylic oxidation sites excluding steroid dienone is 1. The molecule has 0 radical (unpaired) electrons. The molecule has 2 aliphatic rings. The zero-order valence-corrected chi connectivity index (χ0v) is 19.0. The number of rotatable bonds is 3. The zero-order chi connectivity index (χ0) is 22.3. The second kappa shape index (κ2) is 7.92. The number of fused-ring (bicyclic) bond motifs is 1. The second-order valence-corrected chi connectivity index (χ2v) is 9.72. The topological polar surface area (TPSA) is 58.5 Å². The molecular weight excluding hydrogens is 384 g/mol. The number of nitrogens with one attached hydrogen (secondary N) is 1. The lowest BCUT2D eigenvalue weighted by atomic mass is 9.63. The smallest absolute Gasteiger partial charge is 0.254 e. The van der Waals surface area contributed by atoms with E-state index < -0.39 is 0 Å². The minimum Gasteiger partial charge on any atom is -0.322 e. The molecule has 1 amide bonds. The van der Waals surface area contributed by atoms with Crippen LogP contribution in [0.2, 0.25) is 0 Å². The lowest BCUT2D eigenvalue weighted by Gasteiger charge is -2.41. The normalized spacial score (nSPS) is 22.6. The fourth-order valence-electron chi connectivity index (χ4n) is 4.93. The average Bonchev–Trinajstić information content (AvgIpc) is 2.68. The van der Waals surface area contributed by atoms with E-state index in [-0.39, 0.29) is 28.9 Å². The summed E-state index contributed by atoms with van der Waals surface area (Å²) in [7, 11) is 0. The van der Waals surface area contributed by atoms with Crippen molar-refractivity contribution in [3.05, 3.63) is 76.5 Å². The van der Waals surface area contributed by atoms with Crippen LogP contribution in [0.1, 0.15) is 56.2 Å². The van der Waals surface area contributed by atoms with Crippen molar-refractivity contribution in [2.45, 2.75) is 53.4 Å². The standard InChI is InChI=1S/C27H30N2O2/c1-16-10-12-19(13-11-16)24-23(26(31)29-20-9-7-6-8-17(20)2)18(3)28-21-14-27(4,5)15-22(30)25(21)24/h6-13,24-25H,14-15H2,1-5H3,(H,29,31)/t24-,25?/m1/s1.